The average molecular weight is 256 g/mol. The molecule has 1 aliphatic rings. The lowest BCUT2D eigenvalue weighted by Crippen LogP contribution is -3.09. The Balaban J connectivity index is 2.32. The fourth-order valence-corrected chi connectivity index (χ4v) is 2.44. The maximum atomic E-state index is 3.51. The highest BCUT2D eigenvalue weighted by molar-refractivity contribution is 9.09. The van der Waals surface area contributed by atoms with Gasteiger partial charge in [0, 0.05) is 6.07 Å². The van der Waals surface area contributed by atoms with Crippen LogP contribution in [-0.4, -0.2) is 25.0 Å². The van der Waals surface area contributed by atoms with Crippen LogP contribution in [0.25, 0.3) is 0 Å². The Bertz CT molecular complexity index is 325. The molecular weight excluding hydrogens is 240 g/mol. The molecule has 1 unspecified atom stereocenters. The minimum atomic E-state index is 1.07. The van der Waals surface area contributed by atoms with Gasteiger partial charge in [0.15, 0.2) is 5.69 Å². The van der Waals surface area contributed by atoms with E-state index in [1.807, 2.05) is 0 Å². The van der Waals surface area contributed by atoms with E-state index >= 15 is 0 Å². The molecule has 3 heteroatoms. The topological polar surface area (TPSA) is 16.5 Å². The van der Waals surface area contributed by atoms with E-state index in [1.54, 1.807) is 4.90 Å². The summed E-state index contributed by atoms with van der Waals surface area (Å²) in [6, 6.07) is 6.65. The predicted molar refractivity (Wildman–Crippen MR) is 63.8 cm³/mol. The van der Waals surface area contributed by atoms with Crippen molar-refractivity contribution in [2.45, 2.75) is 6.92 Å². The van der Waals surface area contributed by atoms with Crippen molar-refractivity contribution in [3.05, 3.63) is 23.8 Å². The van der Waals surface area contributed by atoms with Gasteiger partial charge in [-0.2, -0.15) is 0 Å². The minimum absolute atomic E-state index is 1.07. The molecule has 1 aromatic rings. The van der Waals surface area contributed by atoms with Crippen molar-refractivity contribution in [1.82, 2.24) is 0 Å². The van der Waals surface area contributed by atoms with E-state index in [0.29, 0.717) is 0 Å². The van der Waals surface area contributed by atoms with E-state index in [0.717, 1.165) is 18.4 Å². The minimum Gasteiger partial charge on any atom is -0.375 e. The molecule has 0 saturated carbocycles. The average Bonchev–Trinajstić information content (AvgIpc) is 2.19. The Morgan fingerprint density at radius 1 is 1.50 bits per heavy atom. The summed E-state index contributed by atoms with van der Waals surface area (Å²) in [4.78, 5) is 1.58. The summed E-state index contributed by atoms with van der Waals surface area (Å²) in [5, 5.41) is 4.51. The zero-order chi connectivity index (χ0) is 9.97. The summed E-state index contributed by atoms with van der Waals surface area (Å²) in [5.74, 6) is 0. The second-order valence-electron chi connectivity index (χ2n) is 3.77. The molecule has 1 aliphatic heterocycles. The highest BCUT2D eigenvalue weighted by Gasteiger charge is 2.20. The molecule has 1 atom stereocenters. The van der Waals surface area contributed by atoms with Crippen molar-refractivity contribution >= 4 is 27.3 Å². The lowest BCUT2D eigenvalue weighted by Gasteiger charge is -2.26. The van der Waals surface area contributed by atoms with Gasteiger partial charge >= 0.3 is 0 Å². The van der Waals surface area contributed by atoms with Crippen LogP contribution in [-0.2, 0) is 0 Å². The van der Waals surface area contributed by atoms with Crippen LogP contribution < -0.4 is 10.2 Å². The fraction of sp³-hybridized carbons (Fsp3) is 0.455. The van der Waals surface area contributed by atoms with Crippen LogP contribution >= 0.6 is 15.9 Å². The number of rotatable bonds is 2. The predicted octanol–water partition coefficient (Wildman–Crippen LogP) is 1.33. The molecule has 0 radical (unpaired) electrons. The van der Waals surface area contributed by atoms with Gasteiger partial charge in [-0.15, -0.1) is 0 Å². The largest absolute Gasteiger partial charge is 0.375 e. The molecule has 1 heterocycles. The first-order chi connectivity index (χ1) is 6.81. The van der Waals surface area contributed by atoms with Gasteiger partial charge in [0.05, 0.1) is 30.7 Å². The van der Waals surface area contributed by atoms with Gasteiger partial charge in [0.25, 0.3) is 0 Å². The van der Waals surface area contributed by atoms with Gasteiger partial charge in [-0.3, -0.25) is 4.90 Å². The first kappa shape index (κ1) is 9.99. The van der Waals surface area contributed by atoms with Crippen LogP contribution in [0.4, 0.5) is 11.4 Å². The summed E-state index contributed by atoms with van der Waals surface area (Å²) in [6.45, 7) is 5.58. The first-order valence-electron chi connectivity index (χ1n) is 5.07. The number of benzene rings is 1. The molecule has 14 heavy (non-hydrogen) atoms. The third kappa shape index (κ3) is 1.93. The van der Waals surface area contributed by atoms with E-state index in [1.165, 1.54) is 23.5 Å². The monoisotopic (exact) mass is 255 g/mol. The molecule has 0 aromatic heterocycles. The van der Waals surface area contributed by atoms with Crippen LogP contribution in [0.3, 0.4) is 0 Å². The van der Waals surface area contributed by atoms with Crippen molar-refractivity contribution in [2.24, 2.45) is 0 Å². The number of quaternary nitrogens is 1. The maximum Gasteiger partial charge on any atom is 0.154 e. The van der Waals surface area contributed by atoms with Gasteiger partial charge < -0.3 is 5.32 Å². The number of nitrogens with one attached hydrogen (secondary N) is 2. The van der Waals surface area contributed by atoms with Crippen LogP contribution in [0.1, 0.15) is 5.56 Å². The normalized spacial score (nSPS) is 20.0. The number of aryl methyl sites for hydroxylation is 1. The van der Waals surface area contributed by atoms with Crippen molar-refractivity contribution in [1.29, 1.82) is 0 Å². The number of hydrogen-bond donors (Lipinski definition) is 2. The van der Waals surface area contributed by atoms with E-state index in [2.05, 4.69) is 46.4 Å². The van der Waals surface area contributed by atoms with Gasteiger partial charge in [0.1, 0.15) is 0 Å². The van der Waals surface area contributed by atoms with Gasteiger partial charge in [-0.25, -0.2) is 0 Å². The summed E-state index contributed by atoms with van der Waals surface area (Å²) >= 11 is 3.51. The third-order valence-corrected chi connectivity index (χ3v) is 3.09. The Morgan fingerprint density at radius 3 is 3.14 bits per heavy atom. The number of hydrogen-bond acceptors (Lipinski definition) is 1. The van der Waals surface area contributed by atoms with E-state index in [-0.39, 0.29) is 0 Å². The van der Waals surface area contributed by atoms with Gasteiger partial charge in [-0.05, 0) is 18.6 Å². The smallest absolute Gasteiger partial charge is 0.154 e. The number of anilines is 1. The molecule has 0 aliphatic carbocycles. The van der Waals surface area contributed by atoms with Gasteiger partial charge in [0.2, 0.25) is 0 Å². The van der Waals surface area contributed by atoms with Crippen LogP contribution in [0.2, 0.25) is 0 Å². The summed E-state index contributed by atoms with van der Waals surface area (Å²) in [5.41, 5.74) is 4.08. The quantitative estimate of drug-likeness (QED) is 0.763. The number of fused-ring (bicyclic) bond motifs is 1. The molecule has 0 fully saturated rings. The highest BCUT2D eigenvalue weighted by Crippen LogP contribution is 2.20. The molecule has 76 valence electrons. The Morgan fingerprint density at radius 2 is 2.36 bits per heavy atom. The molecule has 0 bridgehead atoms. The number of alkyl halides is 1. The molecule has 2 N–H and O–H groups in total. The summed E-state index contributed by atoms with van der Waals surface area (Å²) in [7, 11) is 0. The second-order valence-corrected chi connectivity index (χ2v) is 4.56. The van der Waals surface area contributed by atoms with Gasteiger partial charge in [-0.1, -0.05) is 22.0 Å². The second kappa shape index (κ2) is 4.32. The molecular formula is C11H16BrN2+. The molecule has 0 amide bonds. The Kier molecular flexibility index (Phi) is 3.08. The van der Waals surface area contributed by atoms with E-state index in [9.17, 15) is 0 Å². The zero-order valence-electron chi connectivity index (χ0n) is 8.44. The first-order valence-corrected chi connectivity index (χ1v) is 6.19. The van der Waals surface area contributed by atoms with Crippen molar-refractivity contribution in [3.63, 3.8) is 0 Å². The fourth-order valence-electron chi connectivity index (χ4n) is 1.96. The molecule has 0 spiro atoms. The molecule has 1 aromatic carbocycles. The van der Waals surface area contributed by atoms with Crippen molar-refractivity contribution < 1.29 is 4.90 Å². The molecule has 2 rings (SSSR count). The van der Waals surface area contributed by atoms with Crippen LogP contribution in [0, 0.1) is 6.92 Å². The number of halogens is 1. The summed E-state index contributed by atoms with van der Waals surface area (Å²) in [6.07, 6.45) is 0. The van der Waals surface area contributed by atoms with Crippen molar-refractivity contribution in [2.75, 3.05) is 30.3 Å². The molecule has 0 saturated heterocycles. The standard InChI is InChI=1S/C11H15BrN2/c1-9-2-3-10-11(8-9)14(6-4-12)7-5-13-10/h2-3,8,13H,4-7H2,1H3/p+1. The van der Waals surface area contributed by atoms with E-state index < -0.39 is 0 Å². The van der Waals surface area contributed by atoms with E-state index in [4.69, 9.17) is 0 Å². The zero-order valence-corrected chi connectivity index (χ0v) is 10.0. The third-order valence-electron chi connectivity index (χ3n) is 2.69. The molecule has 2 nitrogen and oxygen atoms in total. The Hall–Kier alpha value is -0.540. The Labute approximate surface area is 93.4 Å². The highest BCUT2D eigenvalue weighted by atomic mass is 79.9. The van der Waals surface area contributed by atoms with Crippen LogP contribution in [0.5, 0.6) is 0 Å². The van der Waals surface area contributed by atoms with Crippen LogP contribution in [0.15, 0.2) is 18.2 Å². The SMILES string of the molecule is Cc1ccc2c(c1)[NH+](CCBr)CCN2. The maximum absolute atomic E-state index is 3.51. The summed E-state index contributed by atoms with van der Waals surface area (Å²) < 4.78 is 0. The van der Waals surface area contributed by atoms with Crippen molar-refractivity contribution in [3.8, 4) is 0 Å². The lowest BCUT2D eigenvalue weighted by molar-refractivity contribution is -0.828. The lowest BCUT2D eigenvalue weighted by atomic mass is 10.1.